The van der Waals surface area contributed by atoms with E-state index in [0.29, 0.717) is 13.2 Å². The van der Waals surface area contributed by atoms with Crippen LogP contribution in [0.25, 0.3) is 0 Å². The van der Waals surface area contributed by atoms with Gasteiger partial charge in [0.2, 0.25) is 0 Å². The number of likely N-dealkylation sites (tertiary alicyclic amines) is 1. The Morgan fingerprint density at radius 2 is 2.44 bits per heavy atom. The maximum Gasteiger partial charge on any atom is 0.323 e. The molecule has 1 fully saturated rings. The summed E-state index contributed by atoms with van der Waals surface area (Å²) in [4.78, 5) is 18.3. The zero-order chi connectivity index (χ0) is 13.0. The Hall–Kier alpha value is -0.940. The molecule has 0 radical (unpaired) electrons. The van der Waals surface area contributed by atoms with Crippen LogP contribution in [0, 0.1) is 0 Å². The van der Waals surface area contributed by atoms with Crippen molar-refractivity contribution in [3.63, 3.8) is 0 Å². The van der Waals surface area contributed by atoms with Crippen LogP contribution >= 0.6 is 15.9 Å². The maximum atomic E-state index is 11.8. The van der Waals surface area contributed by atoms with Gasteiger partial charge < -0.3 is 4.74 Å². The fraction of sp³-hybridized carbons (Fsp3) is 0.538. The highest BCUT2D eigenvalue weighted by Gasteiger charge is 2.31. The first-order valence-corrected chi connectivity index (χ1v) is 7.01. The van der Waals surface area contributed by atoms with E-state index < -0.39 is 0 Å². The van der Waals surface area contributed by atoms with E-state index >= 15 is 0 Å². The molecule has 0 bridgehead atoms. The Morgan fingerprint density at radius 3 is 3.11 bits per heavy atom. The number of carbonyl (C=O) groups is 1. The number of hydrogen-bond donors (Lipinski definition) is 0. The van der Waals surface area contributed by atoms with E-state index in [1.54, 1.807) is 6.20 Å². The van der Waals surface area contributed by atoms with Gasteiger partial charge in [0.1, 0.15) is 6.04 Å². The molecule has 18 heavy (non-hydrogen) atoms. The highest BCUT2D eigenvalue weighted by molar-refractivity contribution is 9.10. The Labute approximate surface area is 115 Å². The molecule has 1 aliphatic heterocycles. The summed E-state index contributed by atoms with van der Waals surface area (Å²) < 4.78 is 6.07. The van der Waals surface area contributed by atoms with Gasteiger partial charge in [-0.3, -0.25) is 14.7 Å². The number of aromatic nitrogens is 1. The van der Waals surface area contributed by atoms with Gasteiger partial charge in [0, 0.05) is 17.2 Å². The van der Waals surface area contributed by atoms with Crippen molar-refractivity contribution in [1.82, 2.24) is 9.88 Å². The van der Waals surface area contributed by atoms with Crippen molar-refractivity contribution < 1.29 is 9.53 Å². The smallest absolute Gasteiger partial charge is 0.323 e. The van der Waals surface area contributed by atoms with Gasteiger partial charge in [0.05, 0.1) is 12.3 Å². The van der Waals surface area contributed by atoms with Gasteiger partial charge in [0.25, 0.3) is 0 Å². The lowest BCUT2D eigenvalue weighted by atomic mass is 10.2. The molecule has 5 heteroatoms. The summed E-state index contributed by atoms with van der Waals surface area (Å²) in [6, 6.07) is 3.85. The third-order valence-electron chi connectivity index (χ3n) is 3.08. The molecule has 2 heterocycles. The van der Waals surface area contributed by atoms with Crippen molar-refractivity contribution in [2.45, 2.75) is 32.4 Å². The zero-order valence-corrected chi connectivity index (χ0v) is 12.0. The summed E-state index contributed by atoms with van der Waals surface area (Å²) in [5.74, 6) is -0.105. The second-order valence-electron chi connectivity index (χ2n) is 4.35. The van der Waals surface area contributed by atoms with Crippen molar-refractivity contribution >= 4 is 21.9 Å². The summed E-state index contributed by atoms with van der Waals surface area (Å²) in [6.45, 7) is 3.92. The Kier molecular flexibility index (Phi) is 4.72. The van der Waals surface area contributed by atoms with Gasteiger partial charge in [-0.2, -0.15) is 0 Å². The second kappa shape index (κ2) is 6.29. The molecule has 4 nitrogen and oxygen atoms in total. The first-order chi connectivity index (χ1) is 8.70. The zero-order valence-electron chi connectivity index (χ0n) is 10.4. The molecule has 1 aromatic heterocycles. The van der Waals surface area contributed by atoms with E-state index in [9.17, 15) is 4.79 Å². The average Bonchev–Trinajstić information content (AvgIpc) is 2.81. The van der Waals surface area contributed by atoms with Gasteiger partial charge in [-0.1, -0.05) is 0 Å². The molecule has 98 valence electrons. The van der Waals surface area contributed by atoms with Crippen LogP contribution in [-0.2, 0) is 16.1 Å². The number of nitrogens with zero attached hydrogens (tertiary/aromatic N) is 2. The molecule has 1 aromatic rings. The number of ether oxygens (including phenoxy) is 1. The number of carbonyl (C=O) groups excluding carboxylic acids is 1. The lowest BCUT2D eigenvalue weighted by molar-refractivity contribution is -0.148. The summed E-state index contributed by atoms with van der Waals surface area (Å²) in [5.41, 5.74) is 0.981. The molecular formula is C13H17BrN2O2. The number of pyridine rings is 1. The molecule has 0 saturated carbocycles. The molecule has 0 aromatic carbocycles. The van der Waals surface area contributed by atoms with Gasteiger partial charge in [-0.25, -0.2) is 0 Å². The van der Waals surface area contributed by atoms with Crippen LogP contribution in [0.5, 0.6) is 0 Å². The quantitative estimate of drug-likeness (QED) is 0.801. The molecule has 1 atom stereocenters. The van der Waals surface area contributed by atoms with Crippen molar-refractivity contribution in [2.24, 2.45) is 0 Å². The van der Waals surface area contributed by atoms with Crippen LogP contribution in [0.4, 0.5) is 0 Å². The molecule has 0 spiro atoms. The molecule has 0 amide bonds. The lowest BCUT2D eigenvalue weighted by Gasteiger charge is -2.22. The summed E-state index contributed by atoms with van der Waals surface area (Å²) in [7, 11) is 0. The first-order valence-electron chi connectivity index (χ1n) is 6.22. The summed E-state index contributed by atoms with van der Waals surface area (Å²) >= 11 is 3.36. The largest absolute Gasteiger partial charge is 0.465 e. The topological polar surface area (TPSA) is 42.4 Å². The van der Waals surface area contributed by atoms with Crippen molar-refractivity contribution in [3.8, 4) is 0 Å². The van der Waals surface area contributed by atoms with Crippen molar-refractivity contribution in [2.75, 3.05) is 13.2 Å². The van der Waals surface area contributed by atoms with E-state index in [-0.39, 0.29) is 12.0 Å². The number of halogens is 1. The Morgan fingerprint density at radius 1 is 1.61 bits per heavy atom. The highest BCUT2D eigenvalue weighted by atomic mass is 79.9. The molecule has 1 aliphatic rings. The molecule has 0 N–H and O–H groups in total. The van der Waals surface area contributed by atoms with E-state index in [0.717, 1.165) is 29.6 Å². The average molecular weight is 313 g/mol. The van der Waals surface area contributed by atoms with E-state index in [1.807, 2.05) is 19.1 Å². The number of rotatable bonds is 4. The van der Waals surface area contributed by atoms with Crippen LogP contribution in [0.1, 0.15) is 25.5 Å². The van der Waals surface area contributed by atoms with E-state index in [1.165, 1.54) is 0 Å². The van der Waals surface area contributed by atoms with Crippen molar-refractivity contribution in [3.05, 3.63) is 28.5 Å². The van der Waals surface area contributed by atoms with Gasteiger partial charge in [-0.15, -0.1) is 0 Å². The number of esters is 1. The normalized spacial score (nSPS) is 20.0. The monoisotopic (exact) mass is 312 g/mol. The Balaban J connectivity index is 1.99. The van der Waals surface area contributed by atoms with Crippen LogP contribution in [-0.4, -0.2) is 35.0 Å². The van der Waals surface area contributed by atoms with Crippen LogP contribution in [0.2, 0.25) is 0 Å². The van der Waals surface area contributed by atoms with Crippen molar-refractivity contribution in [1.29, 1.82) is 0 Å². The minimum Gasteiger partial charge on any atom is -0.465 e. The summed E-state index contributed by atoms with van der Waals surface area (Å²) in [5, 5.41) is 0. The fourth-order valence-corrected chi connectivity index (χ4v) is 2.46. The fourth-order valence-electron chi connectivity index (χ4n) is 2.23. The van der Waals surface area contributed by atoms with Gasteiger partial charge >= 0.3 is 5.97 Å². The van der Waals surface area contributed by atoms with Gasteiger partial charge in [0.15, 0.2) is 0 Å². The Bertz CT molecular complexity index is 408. The predicted octanol–water partition coefficient (Wildman–Crippen LogP) is 2.37. The van der Waals surface area contributed by atoms with Gasteiger partial charge in [-0.05, 0) is 54.4 Å². The second-order valence-corrected chi connectivity index (χ2v) is 5.26. The predicted molar refractivity (Wildman–Crippen MR) is 72.0 cm³/mol. The SMILES string of the molecule is CCOC(=O)C1CCCN1Cc1ccc(Br)cn1. The van der Waals surface area contributed by atoms with E-state index in [4.69, 9.17) is 4.74 Å². The van der Waals surface area contributed by atoms with Crippen LogP contribution in [0.15, 0.2) is 22.8 Å². The molecule has 1 unspecified atom stereocenters. The standard InChI is InChI=1S/C13H17BrN2O2/c1-2-18-13(17)12-4-3-7-16(12)9-11-6-5-10(14)8-15-11/h5-6,8,12H,2-4,7,9H2,1H3. The lowest BCUT2D eigenvalue weighted by Crippen LogP contribution is -2.37. The minimum absolute atomic E-state index is 0.101. The summed E-state index contributed by atoms with van der Waals surface area (Å²) in [6.07, 6.45) is 3.71. The molecule has 2 rings (SSSR count). The first kappa shape index (κ1) is 13.5. The number of hydrogen-bond acceptors (Lipinski definition) is 4. The van der Waals surface area contributed by atoms with Crippen LogP contribution < -0.4 is 0 Å². The van der Waals surface area contributed by atoms with E-state index in [2.05, 4.69) is 25.8 Å². The third-order valence-corrected chi connectivity index (χ3v) is 3.55. The third kappa shape index (κ3) is 3.29. The minimum atomic E-state index is -0.105. The highest BCUT2D eigenvalue weighted by Crippen LogP contribution is 2.21. The molecule has 1 saturated heterocycles. The maximum absolute atomic E-state index is 11.8. The van der Waals surface area contributed by atoms with Crippen LogP contribution in [0.3, 0.4) is 0 Å². The molecule has 0 aliphatic carbocycles. The molecular weight excluding hydrogens is 296 g/mol.